The molecule has 0 radical (unpaired) electrons. The molecule has 138 valence electrons. The van der Waals surface area contributed by atoms with E-state index in [1.807, 2.05) is 53.9 Å². The van der Waals surface area contributed by atoms with Crippen LogP contribution in [0.25, 0.3) is 16.6 Å². The molecule has 4 rings (SSSR count). The molecule has 0 aliphatic heterocycles. The lowest BCUT2D eigenvalue weighted by molar-refractivity contribution is 0.0962. The zero-order valence-corrected chi connectivity index (χ0v) is 16.1. The van der Waals surface area contributed by atoms with Crippen LogP contribution in [-0.2, 0) is 0 Å². The monoisotopic (exact) mass is 407 g/mol. The lowest BCUT2D eigenvalue weighted by Crippen LogP contribution is -2.22. The highest BCUT2D eigenvalue weighted by Gasteiger charge is 2.12. The number of nitriles is 1. The molecule has 2 aromatic carbocycles. The SMILES string of the molecule is N#CCNC(=O)c1cc(-n2ncc3cc(Nc4ccccc4Cl)ccc32)cs1. The number of benzene rings is 2. The van der Waals surface area contributed by atoms with Gasteiger partial charge in [0.05, 0.1) is 39.1 Å². The van der Waals surface area contributed by atoms with E-state index < -0.39 is 0 Å². The molecule has 0 aliphatic carbocycles. The molecule has 0 saturated heterocycles. The van der Waals surface area contributed by atoms with Crippen molar-refractivity contribution in [2.24, 2.45) is 0 Å². The summed E-state index contributed by atoms with van der Waals surface area (Å²) in [5, 5.41) is 22.4. The second-order valence-corrected chi connectivity index (χ2v) is 7.26. The Bertz CT molecular complexity index is 1210. The van der Waals surface area contributed by atoms with Crippen molar-refractivity contribution in [3.05, 3.63) is 70.0 Å². The fourth-order valence-corrected chi connectivity index (χ4v) is 3.76. The Hall–Kier alpha value is -3.34. The fourth-order valence-electron chi connectivity index (χ4n) is 2.80. The number of nitrogens with one attached hydrogen (secondary N) is 2. The minimum Gasteiger partial charge on any atom is -0.354 e. The van der Waals surface area contributed by atoms with E-state index >= 15 is 0 Å². The van der Waals surface area contributed by atoms with E-state index in [9.17, 15) is 4.79 Å². The van der Waals surface area contributed by atoms with Crippen LogP contribution in [0.15, 0.2) is 60.1 Å². The van der Waals surface area contributed by atoms with Crippen molar-refractivity contribution < 1.29 is 4.79 Å². The van der Waals surface area contributed by atoms with Crippen LogP contribution in [-0.4, -0.2) is 22.2 Å². The number of halogens is 1. The Morgan fingerprint density at radius 2 is 2.11 bits per heavy atom. The minimum absolute atomic E-state index is 0.0159. The maximum Gasteiger partial charge on any atom is 0.262 e. The number of carbonyl (C=O) groups excluding carboxylic acids is 1. The van der Waals surface area contributed by atoms with Gasteiger partial charge in [-0.25, -0.2) is 4.68 Å². The number of nitrogens with zero attached hydrogens (tertiary/aromatic N) is 3. The van der Waals surface area contributed by atoms with Crippen LogP contribution in [0.3, 0.4) is 0 Å². The summed E-state index contributed by atoms with van der Waals surface area (Å²) >= 11 is 7.52. The van der Waals surface area contributed by atoms with Gasteiger partial charge in [0.15, 0.2) is 0 Å². The fraction of sp³-hybridized carbons (Fsp3) is 0.0500. The molecule has 0 spiro atoms. The summed E-state index contributed by atoms with van der Waals surface area (Å²) < 4.78 is 1.78. The van der Waals surface area contributed by atoms with Crippen LogP contribution in [0.1, 0.15) is 9.67 Å². The number of fused-ring (bicyclic) bond motifs is 1. The first kappa shape index (κ1) is 18.0. The van der Waals surface area contributed by atoms with Gasteiger partial charge in [-0.3, -0.25) is 4.79 Å². The summed E-state index contributed by atoms with van der Waals surface area (Å²) in [4.78, 5) is 12.5. The largest absolute Gasteiger partial charge is 0.354 e. The van der Waals surface area contributed by atoms with Gasteiger partial charge in [-0.05, 0) is 36.4 Å². The summed E-state index contributed by atoms with van der Waals surface area (Å²) in [7, 11) is 0. The molecule has 28 heavy (non-hydrogen) atoms. The van der Waals surface area contributed by atoms with E-state index in [0.717, 1.165) is 28.0 Å². The predicted molar refractivity (Wildman–Crippen MR) is 112 cm³/mol. The maximum atomic E-state index is 12.0. The van der Waals surface area contributed by atoms with Crippen LogP contribution in [0.5, 0.6) is 0 Å². The van der Waals surface area contributed by atoms with E-state index in [-0.39, 0.29) is 12.5 Å². The zero-order valence-electron chi connectivity index (χ0n) is 14.5. The predicted octanol–water partition coefficient (Wildman–Crippen LogP) is 4.74. The third kappa shape index (κ3) is 3.56. The van der Waals surface area contributed by atoms with Crippen molar-refractivity contribution >= 4 is 51.1 Å². The van der Waals surface area contributed by atoms with Crippen LogP contribution in [0.4, 0.5) is 11.4 Å². The Balaban J connectivity index is 1.60. The Kier molecular flexibility index (Phi) is 4.98. The van der Waals surface area contributed by atoms with E-state index in [2.05, 4.69) is 15.7 Å². The molecule has 4 aromatic rings. The number of thiophene rings is 1. The number of amides is 1. The van der Waals surface area contributed by atoms with Gasteiger partial charge in [0.2, 0.25) is 0 Å². The quantitative estimate of drug-likeness (QED) is 0.468. The van der Waals surface area contributed by atoms with Gasteiger partial charge in [0.1, 0.15) is 6.54 Å². The Labute approximate surface area is 170 Å². The topological polar surface area (TPSA) is 82.7 Å². The van der Waals surface area contributed by atoms with Crippen LogP contribution >= 0.6 is 22.9 Å². The van der Waals surface area contributed by atoms with Crippen molar-refractivity contribution in [2.45, 2.75) is 0 Å². The lowest BCUT2D eigenvalue weighted by atomic mass is 10.2. The molecule has 2 heterocycles. The zero-order chi connectivity index (χ0) is 19.5. The van der Waals surface area contributed by atoms with E-state index in [1.165, 1.54) is 11.3 Å². The third-order valence-electron chi connectivity index (χ3n) is 4.10. The molecule has 0 unspecified atom stereocenters. The number of aromatic nitrogens is 2. The van der Waals surface area contributed by atoms with Gasteiger partial charge in [-0.2, -0.15) is 10.4 Å². The number of hydrogen-bond acceptors (Lipinski definition) is 5. The first-order chi connectivity index (χ1) is 13.7. The first-order valence-electron chi connectivity index (χ1n) is 8.39. The van der Waals surface area contributed by atoms with Gasteiger partial charge in [0, 0.05) is 16.5 Å². The molecule has 2 N–H and O–H groups in total. The normalized spacial score (nSPS) is 10.6. The summed E-state index contributed by atoms with van der Waals surface area (Å²) in [5.74, 6) is -0.263. The number of hydrogen-bond donors (Lipinski definition) is 2. The molecule has 1 amide bonds. The average molecular weight is 408 g/mol. The molecule has 6 nitrogen and oxygen atoms in total. The second-order valence-electron chi connectivity index (χ2n) is 5.94. The van der Waals surface area contributed by atoms with E-state index in [4.69, 9.17) is 16.9 Å². The summed E-state index contributed by atoms with van der Waals surface area (Å²) in [6, 6.07) is 17.1. The molecular formula is C20H14ClN5OS. The number of carbonyl (C=O) groups is 1. The van der Waals surface area contributed by atoms with Gasteiger partial charge in [-0.15, -0.1) is 11.3 Å². The summed E-state index contributed by atoms with van der Waals surface area (Å²) in [5.41, 5.74) is 3.46. The number of para-hydroxylation sites is 1. The average Bonchev–Trinajstić information content (AvgIpc) is 3.34. The smallest absolute Gasteiger partial charge is 0.262 e. The highest BCUT2D eigenvalue weighted by atomic mass is 35.5. The molecule has 2 aromatic heterocycles. The van der Waals surface area contributed by atoms with Gasteiger partial charge >= 0.3 is 0 Å². The molecule has 0 atom stereocenters. The van der Waals surface area contributed by atoms with Crippen molar-refractivity contribution in [1.29, 1.82) is 5.26 Å². The molecule has 0 fully saturated rings. The standard InChI is InChI=1S/C20H14ClN5OS/c21-16-3-1-2-4-17(16)25-14-5-6-18-13(9-14)11-24-26(18)15-10-19(28-12-15)20(27)23-8-7-22/h1-6,9-12,25H,8H2,(H,23,27). The second kappa shape index (κ2) is 7.72. The first-order valence-corrected chi connectivity index (χ1v) is 9.65. The Morgan fingerprint density at radius 1 is 1.25 bits per heavy atom. The van der Waals surface area contributed by atoms with Crippen molar-refractivity contribution in [2.75, 3.05) is 11.9 Å². The van der Waals surface area contributed by atoms with E-state index in [1.54, 1.807) is 16.9 Å². The number of rotatable bonds is 5. The molecule has 0 bridgehead atoms. The van der Waals surface area contributed by atoms with E-state index in [0.29, 0.717) is 9.90 Å². The maximum absolute atomic E-state index is 12.0. The van der Waals surface area contributed by atoms with Crippen molar-refractivity contribution in [3.63, 3.8) is 0 Å². The van der Waals surface area contributed by atoms with Gasteiger partial charge in [-0.1, -0.05) is 23.7 Å². The summed E-state index contributed by atoms with van der Waals surface area (Å²) in [6.07, 6.45) is 1.78. The number of anilines is 2. The van der Waals surface area contributed by atoms with Crippen LogP contribution in [0, 0.1) is 11.3 Å². The minimum atomic E-state index is -0.263. The highest BCUT2D eigenvalue weighted by molar-refractivity contribution is 7.12. The molecule has 0 aliphatic rings. The van der Waals surface area contributed by atoms with Gasteiger partial charge in [0.25, 0.3) is 5.91 Å². The van der Waals surface area contributed by atoms with Crippen molar-refractivity contribution in [1.82, 2.24) is 15.1 Å². The van der Waals surface area contributed by atoms with Crippen LogP contribution in [0.2, 0.25) is 5.02 Å². The van der Waals surface area contributed by atoms with Gasteiger partial charge < -0.3 is 10.6 Å². The van der Waals surface area contributed by atoms with Crippen molar-refractivity contribution in [3.8, 4) is 11.8 Å². The summed E-state index contributed by atoms with van der Waals surface area (Å²) in [6.45, 7) is -0.0159. The van der Waals surface area contributed by atoms with Crippen LogP contribution < -0.4 is 10.6 Å². The highest BCUT2D eigenvalue weighted by Crippen LogP contribution is 2.28. The molecular weight excluding hydrogens is 394 g/mol. The molecule has 0 saturated carbocycles. The lowest BCUT2D eigenvalue weighted by Gasteiger charge is -2.08. The molecule has 8 heteroatoms. The Morgan fingerprint density at radius 3 is 2.93 bits per heavy atom. The third-order valence-corrected chi connectivity index (χ3v) is 5.35.